The Hall–Kier alpha value is -2.12. The van der Waals surface area contributed by atoms with Crippen LogP contribution in [0.5, 0.6) is 0 Å². The SMILES string of the molecule is CC[C@@H](CO)N1C(=O)[C@@H](CC(=O)OC)O[C@H](c2cccc(Cl)c2)[C@H]1c1ccc(Cl)cc1. The molecule has 31 heavy (non-hydrogen) atoms. The maximum absolute atomic E-state index is 13.5. The van der Waals surface area contributed by atoms with Crippen LogP contribution in [-0.4, -0.2) is 47.7 Å². The second-order valence-corrected chi connectivity index (χ2v) is 8.24. The highest BCUT2D eigenvalue weighted by molar-refractivity contribution is 6.30. The summed E-state index contributed by atoms with van der Waals surface area (Å²) in [6.45, 7) is 1.67. The summed E-state index contributed by atoms with van der Waals surface area (Å²) in [5.74, 6) is -0.922. The van der Waals surface area contributed by atoms with Crippen molar-refractivity contribution in [2.24, 2.45) is 0 Å². The van der Waals surface area contributed by atoms with Gasteiger partial charge in [-0.1, -0.05) is 54.4 Å². The van der Waals surface area contributed by atoms with Crippen LogP contribution in [0.3, 0.4) is 0 Å². The van der Waals surface area contributed by atoms with Crippen molar-refractivity contribution in [3.8, 4) is 0 Å². The number of methoxy groups -OCH3 is 1. The Morgan fingerprint density at radius 1 is 1.16 bits per heavy atom. The number of esters is 1. The van der Waals surface area contributed by atoms with Crippen molar-refractivity contribution < 1.29 is 24.2 Å². The van der Waals surface area contributed by atoms with Crippen LogP contribution >= 0.6 is 23.2 Å². The highest BCUT2D eigenvalue weighted by Crippen LogP contribution is 2.44. The molecule has 1 fully saturated rings. The van der Waals surface area contributed by atoms with Gasteiger partial charge in [-0.3, -0.25) is 9.59 Å². The van der Waals surface area contributed by atoms with Crippen molar-refractivity contribution in [1.29, 1.82) is 0 Å². The maximum Gasteiger partial charge on any atom is 0.308 e. The van der Waals surface area contributed by atoms with E-state index in [9.17, 15) is 14.7 Å². The van der Waals surface area contributed by atoms with E-state index in [0.717, 1.165) is 11.1 Å². The molecular formula is C23H25Cl2NO5. The van der Waals surface area contributed by atoms with Crippen molar-refractivity contribution in [1.82, 2.24) is 4.90 Å². The molecule has 166 valence electrons. The van der Waals surface area contributed by atoms with Crippen molar-refractivity contribution in [2.45, 2.75) is 44.1 Å². The summed E-state index contributed by atoms with van der Waals surface area (Å²) in [4.78, 5) is 27.1. The molecule has 0 aliphatic carbocycles. The van der Waals surface area contributed by atoms with Crippen LogP contribution in [0.2, 0.25) is 10.0 Å². The molecule has 1 saturated heterocycles. The lowest BCUT2D eigenvalue weighted by Gasteiger charge is -2.47. The summed E-state index contributed by atoms with van der Waals surface area (Å²) in [5, 5.41) is 11.1. The average molecular weight is 466 g/mol. The first-order valence-electron chi connectivity index (χ1n) is 10.1. The number of hydrogen-bond acceptors (Lipinski definition) is 5. The quantitative estimate of drug-likeness (QED) is 0.615. The van der Waals surface area contributed by atoms with Gasteiger partial charge in [0.25, 0.3) is 5.91 Å². The summed E-state index contributed by atoms with van der Waals surface area (Å²) >= 11 is 12.3. The molecule has 4 atom stereocenters. The molecule has 6 nitrogen and oxygen atoms in total. The lowest BCUT2D eigenvalue weighted by Crippen LogP contribution is -2.56. The fraction of sp³-hybridized carbons (Fsp3) is 0.391. The maximum atomic E-state index is 13.5. The van der Waals surface area contributed by atoms with Crippen LogP contribution in [-0.2, 0) is 19.1 Å². The minimum atomic E-state index is -1.04. The first-order valence-corrected chi connectivity index (χ1v) is 10.8. The van der Waals surface area contributed by atoms with Gasteiger partial charge in [-0.25, -0.2) is 0 Å². The molecule has 1 amide bonds. The molecule has 1 heterocycles. The first kappa shape index (κ1) is 23.5. The van der Waals surface area contributed by atoms with Crippen LogP contribution in [0.1, 0.15) is 43.0 Å². The van der Waals surface area contributed by atoms with Gasteiger partial charge in [0.1, 0.15) is 12.2 Å². The predicted molar refractivity (Wildman–Crippen MR) is 118 cm³/mol. The van der Waals surface area contributed by atoms with Gasteiger partial charge in [-0.05, 0) is 41.8 Å². The van der Waals surface area contributed by atoms with Crippen LogP contribution in [0, 0.1) is 0 Å². The molecule has 0 unspecified atom stereocenters. The molecule has 8 heteroatoms. The number of aliphatic hydroxyl groups is 1. The van der Waals surface area contributed by atoms with Crippen molar-refractivity contribution in [3.05, 3.63) is 69.7 Å². The molecule has 0 spiro atoms. The summed E-state index contributed by atoms with van der Waals surface area (Å²) in [5.41, 5.74) is 1.55. The summed E-state index contributed by atoms with van der Waals surface area (Å²) in [6, 6.07) is 13.3. The zero-order valence-electron chi connectivity index (χ0n) is 17.3. The zero-order chi connectivity index (χ0) is 22.5. The molecule has 1 N–H and O–H groups in total. The van der Waals surface area contributed by atoms with Gasteiger partial charge >= 0.3 is 5.97 Å². The third-order valence-electron chi connectivity index (χ3n) is 5.47. The molecule has 2 aromatic carbocycles. The molecule has 0 aromatic heterocycles. The molecular weight excluding hydrogens is 441 g/mol. The van der Waals surface area contributed by atoms with Gasteiger partial charge in [-0.2, -0.15) is 0 Å². The Bertz CT molecular complexity index is 916. The number of aliphatic hydroxyl groups excluding tert-OH is 1. The summed E-state index contributed by atoms with van der Waals surface area (Å²) in [6.07, 6.45) is -1.36. The Kier molecular flexibility index (Phi) is 7.94. The molecule has 3 rings (SSSR count). The third kappa shape index (κ3) is 5.21. The fourth-order valence-corrected chi connectivity index (χ4v) is 4.21. The minimum absolute atomic E-state index is 0.223. The van der Waals surface area contributed by atoms with E-state index in [2.05, 4.69) is 0 Å². The van der Waals surface area contributed by atoms with Crippen molar-refractivity contribution in [2.75, 3.05) is 13.7 Å². The zero-order valence-corrected chi connectivity index (χ0v) is 18.8. The number of morpholine rings is 1. The van der Waals surface area contributed by atoms with Crippen LogP contribution in [0.25, 0.3) is 0 Å². The summed E-state index contributed by atoms with van der Waals surface area (Å²) in [7, 11) is 1.26. The van der Waals surface area contributed by atoms with E-state index in [1.54, 1.807) is 35.2 Å². The van der Waals surface area contributed by atoms with E-state index in [-0.39, 0.29) is 18.9 Å². The number of nitrogens with zero attached hydrogens (tertiary/aromatic N) is 1. The topological polar surface area (TPSA) is 76.1 Å². The van der Waals surface area contributed by atoms with Gasteiger partial charge in [-0.15, -0.1) is 0 Å². The number of rotatable bonds is 7. The highest BCUT2D eigenvalue weighted by atomic mass is 35.5. The van der Waals surface area contributed by atoms with E-state index in [0.29, 0.717) is 16.5 Å². The number of carbonyl (C=O) groups is 2. The molecule has 0 saturated carbocycles. The second-order valence-electron chi connectivity index (χ2n) is 7.37. The fourth-order valence-electron chi connectivity index (χ4n) is 3.89. The van der Waals surface area contributed by atoms with Gasteiger partial charge in [0.2, 0.25) is 0 Å². The third-order valence-corrected chi connectivity index (χ3v) is 5.96. The van der Waals surface area contributed by atoms with E-state index in [4.69, 9.17) is 32.7 Å². The van der Waals surface area contributed by atoms with Crippen molar-refractivity contribution in [3.63, 3.8) is 0 Å². The monoisotopic (exact) mass is 465 g/mol. The Morgan fingerprint density at radius 2 is 1.87 bits per heavy atom. The summed E-state index contributed by atoms with van der Waals surface area (Å²) < 4.78 is 11.0. The Morgan fingerprint density at radius 3 is 2.45 bits per heavy atom. The standard InChI is InChI=1S/C23H25Cl2NO5/c1-3-18(13-27)26-21(14-7-9-16(24)10-8-14)22(15-5-4-6-17(25)11-15)31-19(23(26)29)12-20(28)30-2/h4-11,18-19,21-22,27H,3,12-13H2,1-2H3/t18-,19+,21+,22+/m0/s1. The molecule has 1 aliphatic rings. The van der Waals surface area contributed by atoms with Crippen LogP contribution in [0.4, 0.5) is 0 Å². The lowest BCUT2D eigenvalue weighted by molar-refractivity contribution is -0.185. The smallest absolute Gasteiger partial charge is 0.308 e. The van der Waals surface area contributed by atoms with Crippen LogP contribution in [0.15, 0.2) is 48.5 Å². The number of benzene rings is 2. The van der Waals surface area contributed by atoms with E-state index >= 15 is 0 Å². The highest BCUT2D eigenvalue weighted by Gasteiger charge is 2.47. The second kappa shape index (κ2) is 10.5. The molecule has 1 aliphatic heterocycles. The number of amides is 1. The van der Waals surface area contributed by atoms with Gasteiger partial charge in [0.05, 0.1) is 32.2 Å². The molecule has 2 aromatic rings. The number of ether oxygens (including phenoxy) is 2. The van der Waals surface area contributed by atoms with Crippen molar-refractivity contribution >= 4 is 35.1 Å². The Balaban J connectivity index is 2.15. The van der Waals surface area contributed by atoms with E-state index in [1.165, 1.54) is 7.11 Å². The number of halogens is 2. The van der Waals surface area contributed by atoms with E-state index < -0.39 is 30.3 Å². The van der Waals surface area contributed by atoms with Gasteiger partial charge in [0.15, 0.2) is 0 Å². The first-order chi connectivity index (χ1) is 14.9. The Labute approximate surface area is 191 Å². The molecule has 0 bridgehead atoms. The number of hydrogen-bond donors (Lipinski definition) is 1. The molecule has 0 radical (unpaired) electrons. The minimum Gasteiger partial charge on any atom is -0.469 e. The lowest BCUT2D eigenvalue weighted by atomic mass is 9.89. The predicted octanol–water partition coefficient (Wildman–Crippen LogP) is 4.34. The van der Waals surface area contributed by atoms with Gasteiger partial charge in [0, 0.05) is 10.0 Å². The number of carbonyl (C=O) groups excluding carboxylic acids is 2. The normalized spacial score (nSPS) is 22.3. The average Bonchev–Trinajstić information content (AvgIpc) is 2.77. The van der Waals surface area contributed by atoms with Crippen LogP contribution < -0.4 is 0 Å². The van der Waals surface area contributed by atoms with Gasteiger partial charge < -0.3 is 19.5 Å². The van der Waals surface area contributed by atoms with E-state index in [1.807, 2.05) is 25.1 Å². The largest absolute Gasteiger partial charge is 0.469 e.